The molecular weight excluding hydrogens is 168 g/mol. The predicted molar refractivity (Wildman–Crippen MR) is 50.6 cm³/mol. The van der Waals surface area contributed by atoms with Crippen molar-refractivity contribution in [1.29, 1.82) is 0 Å². The third-order valence-corrected chi connectivity index (χ3v) is 3.00. The molecule has 1 fully saturated rings. The molecule has 1 aliphatic carbocycles. The lowest BCUT2D eigenvalue weighted by Gasteiger charge is -2.32. The Balaban J connectivity index is 2.36. The molecule has 0 radical (unpaired) electrons. The highest BCUT2D eigenvalue weighted by atomic mass is 16.4. The van der Waals surface area contributed by atoms with E-state index in [1.54, 1.807) is 7.05 Å². The van der Waals surface area contributed by atoms with E-state index in [0.29, 0.717) is 5.92 Å². The molecular formula is C9H18N2O2. The van der Waals surface area contributed by atoms with Crippen molar-refractivity contribution in [2.75, 3.05) is 13.6 Å². The van der Waals surface area contributed by atoms with Crippen LogP contribution in [-0.4, -0.2) is 35.7 Å². The van der Waals surface area contributed by atoms with E-state index in [0.717, 1.165) is 32.2 Å². The summed E-state index contributed by atoms with van der Waals surface area (Å²) in [5, 5.41) is 8.76. The maximum Gasteiger partial charge on any atom is 0.407 e. The van der Waals surface area contributed by atoms with Crippen LogP contribution in [0.2, 0.25) is 0 Å². The molecule has 0 aliphatic heterocycles. The zero-order valence-corrected chi connectivity index (χ0v) is 8.07. The van der Waals surface area contributed by atoms with Gasteiger partial charge in [0.1, 0.15) is 0 Å². The van der Waals surface area contributed by atoms with Gasteiger partial charge in [-0.1, -0.05) is 0 Å². The summed E-state index contributed by atoms with van der Waals surface area (Å²) < 4.78 is 0. The van der Waals surface area contributed by atoms with Crippen LogP contribution >= 0.6 is 0 Å². The fourth-order valence-electron chi connectivity index (χ4n) is 1.92. The van der Waals surface area contributed by atoms with E-state index in [1.807, 2.05) is 0 Å². The maximum atomic E-state index is 10.7. The van der Waals surface area contributed by atoms with Crippen LogP contribution in [0.3, 0.4) is 0 Å². The smallest absolute Gasteiger partial charge is 0.407 e. The maximum absolute atomic E-state index is 10.7. The van der Waals surface area contributed by atoms with Gasteiger partial charge in [-0.15, -0.1) is 0 Å². The lowest BCUT2D eigenvalue weighted by atomic mass is 9.86. The van der Waals surface area contributed by atoms with Crippen LogP contribution in [0.5, 0.6) is 0 Å². The molecule has 1 saturated carbocycles. The Morgan fingerprint density at radius 1 is 1.46 bits per heavy atom. The molecule has 0 atom stereocenters. The summed E-state index contributed by atoms with van der Waals surface area (Å²) >= 11 is 0. The van der Waals surface area contributed by atoms with Crippen LogP contribution in [0.1, 0.15) is 25.7 Å². The SMILES string of the molecule is CN(C(=O)O)[C@H]1CC[C@@H](CN)CC1. The molecule has 0 unspecified atom stereocenters. The monoisotopic (exact) mass is 186 g/mol. The number of carboxylic acid groups (broad SMARTS) is 1. The quantitative estimate of drug-likeness (QED) is 0.679. The number of amides is 1. The molecule has 1 rings (SSSR count). The van der Waals surface area contributed by atoms with Gasteiger partial charge in [0, 0.05) is 13.1 Å². The molecule has 0 aromatic heterocycles. The van der Waals surface area contributed by atoms with Crippen LogP contribution < -0.4 is 5.73 Å². The zero-order chi connectivity index (χ0) is 9.84. The van der Waals surface area contributed by atoms with Crippen LogP contribution in [0.15, 0.2) is 0 Å². The molecule has 0 aromatic carbocycles. The summed E-state index contributed by atoms with van der Waals surface area (Å²) in [6.07, 6.45) is 3.24. The Kier molecular flexibility index (Phi) is 3.54. The van der Waals surface area contributed by atoms with E-state index in [4.69, 9.17) is 10.8 Å². The Bertz CT molecular complexity index is 176. The largest absolute Gasteiger partial charge is 0.465 e. The van der Waals surface area contributed by atoms with Crippen LogP contribution in [-0.2, 0) is 0 Å². The Morgan fingerprint density at radius 3 is 2.38 bits per heavy atom. The second kappa shape index (κ2) is 4.46. The number of nitrogens with two attached hydrogens (primary N) is 1. The first-order chi connectivity index (χ1) is 6.15. The Hall–Kier alpha value is -0.770. The highest BCUT2D eigenvalue weighted by molar-refractivity contribution is 5.64. The van der Waals surface area contributed by atoms with Crippen molar-refractivity contribution in [1.82, 2.24) is 4.90 Å². The molecule has 0 heterocycles. The summed E-state index contributed by atoms with van der Waals surface area (Å²) in [7, 11) is 1.65. The topological polar surface area (TPSA) is 66.6 Å². The van der Waals surface area contributed by atoms with Gasteiger partial charge in [0.15, 0.2) is 0 Å². The average molecular weight is 186 g/mol. The third-order valence-electron chi connectivity index (χ3n) is 3.00. The average Bonchev–Trinajstić information content (AvgIpc) is 2.17. The normalized spacial score (nSPS) is 28.5. The van der Waals surface area contributed by atoms with Gasteiger partial charge in [-0.25, -0.2) is 4.79 Å². The standard InChI is InChI=1S/C9H18N2O2/c1-11(9(12)13)8-4-2-7(6-10)3-5-8/h7-8H,2-6,10H2,1H3,(H,12,13)/t7-,8+. The number of hydrogen-bond acceptors (Lipinski definition) is 2. The van der Waals surface area contributed by atoms with Gasteiger partial charge < -0.3 is 15.7 Å². The second-order valence-electron chi connectivity index (χ2n) is 3.80. The minimum atomic E-state index is -0.823. The zero-order valence-electron chi connectivity index (χ0n) is 8.07. The van der Waals surface area contributed by atoms with E-state index in [1.165, 1.54) is 4.90 Å². The number of nitrogens with zero attached hydrogens (tertiary/aromatic N) is 1. The fourth-order valence-corrected chi connectivity index (χ4v) is 1.92. The van der Waals surface area contributed by atoms with Crippen molar-refractivity contribution in [3.8, 4) is 0 Å². The number of rotatable bonds is 2. The second-order valence-corrected chi connectivity index (χ2v) is 3.80. The first-order valence-electron chi connectivity index (χ1n) is 4.81. The Labute approximate surface area is 78.7 Å². The first-order valence-corrected chi connectivity index (χ1v) is 4.81. The molecule has 0 spiro atoms. The molecule has 0 bridgehead atoms. The van der Waals surface area contributed by atoms with Crippen LogP contribution in [0, 0.1) is 5.92 Å². The van der Waals surface area contributed by atoms with E-state index in [9.17, 15) is 4.79 Å². The van der Waals surface area contributed by atoms with Gasteiger partial charge in [-0.3, -0.25) is 0 Å². The summed E-state index contributed by atoms with van der Waals surface area (Å²) in [5.74, 6) is 0.610. The van der Waals surface area contributed by atoms with Gasteiger partial charge in [0.05, 0.1) is 0 Å². The van der Waals surface area contributed by atoms with Crippen molar-refractivity contribution < 1.29 is 9.90 Å². The molecule has 0 aromatic rings. The van der Waals surface area contributed by atoms with Gasteiger partial charge in [-0.2, -0.15) is 0 Å². The van der Waals surface area contributed by atoms with Gasteiger partial charge in [0.2, 0.25) is 0 Å². The molecule has 4 nitrogen and oxygen atoms in total. The summed E-state index contributed by atoms with van der Waals surface area (Å²) in [4.78, 5) is 12.1. The van der Waals surface area contributed by atoms with E-state index in [-0.39, 0.29) is 6.04 Å². The molecule has 1 amide bonds. The van der Waals surface area contributed by atoms with Gasteiger partial charge >= 0.3 is 6.09 Å². The van der Waals surface area contributed by atoms with Gasteiger partial charge in [-0.05, 0) is 38.1 Å². The molecule has 1 aliphatic rings. The van der Waals surface area contributed by atoms with Crippen molar-refractivity contribution in [2.24, 2.45) is 11.7 Å². The van der Waals surface area contributed by atoms with Crippen molar-refractivity contribution >= 4 is 6.09 Å². The molecule has 13 heavy (non-hydrogen) atoms. The number of hydrogen-bond donors (Lipinski definition) is 2. The minimum Gasteiger partial charge on any atom is -0.465 e. The molecule has 3 N–H and O–H groups in total. The van der Waals surface area contributed by atoms with Crippen molar-refractivity contribution in [3.05, 3.63) is 0 Å². The lowest BCUT2D eigenvalue weighted by molar-refractivity contribution is 0.119. The highest BCUT2D eigenvalue weighted by Gasteiger charge is 2.25. The molecule has 76 valence electrons. The summed E-state index contributed by atoms with van der Waals surface area (Å²) in [6.45, 7) is 0.740. The molecule has 4 heteroatoms. The highest BCUT2D eigenvalue weighted by Crippen LogP contribution is 2.26. The fraction of sp³-hybridized carbons (Fsp3) is 0.889. The lowest BCUT2D eigenvalue weighted by Crippen LogP contribution is -2.39. The summed E-state index contributed by atoms with van der Waals surface area (Å²) in [6, 6.07) is 0.209. The first kappa shape index (κ1) is 10.3. The third kappa shape index (κ3) is 2.59. The number of carbonyl (C=O) groups is 1. The van der Waals surface area contributed by atoms with Crippen molar-refractivity contribution in [3.63, 3.8) is 0 Å². The van der Waals surface area contributed by atoms with E-state index < -0.39 is 6.09 Å². The molecule has 0 saturated heterocycles. The minimum absolute atomic E-state index is 0.209. The van der Waals surface area contributed by atoms with E-state index >= 15 is 0 Å². The van der Waals surface area contributed by atoms with Crippen LogP contribution in [0.4, 0.5) is 4.79 Å². The van der Waals surface area contributed by atoms with E-state index in [2.05, 4.69) is 0 Å². The van der Waals surface area contributed by atoms with Crippen LogP contribution in [0.25, 0.3) is 0 Å². The summed E-state index contributed by atoms with van der Waals surface area (Å²) in [5.41, 5.74) is 5.55. The van der Waals surface area contributed by atoms with Crippen molar-refractivity contribution in [2.45, 2.75) is 31.7 Å². The Morgan fingerprint density at radius 2 is 2.00 bits per heavy atom. The predicted octanol–water partition coefficient (Wildman–Crippen LogP) is 1.11. The van der Waals surface area contributed by atoms with Gasteiger partial charge in [0.25, 0.3) is 0 Å².